The van der Waals surface area contributed by atoms with Gasteiger partial charge in [-0.1, -0.05) is 12.1 Å². The first-order valence-corrected chi connectivity index (χ1v) is 7.61. The summed E-state index contributed by atoms with van der Waals surface area (Å²) < 4.78 is 11.4. The first kappa shape index (κ1) is 15.6. The third kappa shape index (κ3) is 2.90. The van der Waals surface area contributed by atoms with Gasteiger partial charge in [0.25, 0.3) is 5.91 Å². The fourth-order valence-corrected chi connectivity index (χ4v) is 2.48. The number of nitrogens with one attached hydrogen (secondary N) is 1. The van der Waals surface area contributed by atoms with Gasteiger partial charge in [0.2, 0.25) is 0 Å². The molecule has 0 saturated carbocycles. The second-order valence-electron chi connectivity index (χ2n) is 5.32. The van der Waals surface area contributed by atoms with Crippen LogP contribution in [0.25, 0.3) is 22.6 Å². The molecule has 1 amide bonds. The lowest BCUT2D eigenvalue weighted by molar-refractivity contribution is -0.121. The second kappa shape index (κ2) is 6.51. The van der Waals surface area contributed by atoms with Gasteiger partial charge in [0, 0.05) is 0 Å². The Morgan fingerprint density at radius 3 is 2.92 bits per heavy atom. The van der Waals surface area contributed by atoms with Crippen molar-refractivity contribution in [1.82, 2.24) is 25.3 Å². The zero-order valence-electron chi connectivity index (χ0n) is 13.4. The van der Waals surface area contributed by atoms with Crippen molar-refractivity contribution >= 4 is 29.0 Å². The number of nitrogen functional groups attached to an aromatic ring is 1. The number of aromatic nitrogens is 4. The first-order valence-electron chi connectivity index (χ1n) is 7.61. The minimum atomic E-state index is -0.354. The van der Waals surface area contributed by atoms with Crippen LogP contribution in [0, 0.1) is 0 Å². The van der Waals surface area contributed by atoms with E-state index < -0.39 is 0 Å². The molecule has 1 aromatic carbocycles. The summed E-state index contributed by atoms with van der Waals surface area (Å²) in [5.74, 6) is 0.653. The van der Waals surface area contributed by atoms with Gasteiger partial charge in [-0.3, -0.25) is 4.79 Å². The quantitative estimate of drug-likeness (QED) is 0.409. The van der Waals surface area contributed by atoms with Crippen LogP contribution in [0.3, 0.4) is 0 Å². The minimum absolute atomic E-state index is 0.0440. The van der Waals surface area contributed by atoms with Gasteiger partial charge in [-0.2, -0.15) is 5.10 Å². The number of nitrogens with zero attached hydrogens (tertiary/aromatic N) is 5. The topological polar surface area (TPSA) is 137 Å². The van der Waals surface area contributed by atoms with Crippen LogP contribution < -0.4 is 11.2 Å². The van der Waals surface area contributed by atoms with Crippen molar-refractivity contribution in [2.45, 2.75) is 6.54 Å². The number of furan rings is 1. The number of para-hydroxylation sites is 2. The lowest BCUT2D eigenvalue weighted by Gasteiger charge is -2.06. The Morgan fingerprint density at radius 1 is 1.27 bits per heavy atom. The lowest BCUT2D eigenvalue weighted by atomic mass is 10.3. The van der Waals surface area contributed by atoms with E-state index in [1.54, 1.807) is 16.7 Å². The highest BCUT2D eigenvalue weighted by molar-refractivity contribution is 5.85. The minimum Gasteiger partial charge on any atom is -0.463 e. The van der Waals surface area contributed by atoms with Crippen molar-refractivity contribution < 1.29 is 13.8 Å². The number of fused-ring (bicyclic) bond motifs is 1. The Balaban J connectivity index is 1.62. The van der Waals surface area contributed by atoms with Crippen LogP contribution in [0.1, 0.15) is 5.76 Å². The summed E-state index contributed by atoms with van der Waals surface area (Å²) in [6, 6.07) is 10.8. The number of rotatable bonds is 5. The average molecular weight is 351 g/mol. The molecule has 0 spiro atoms. The third-order valence-electron chi connectivity index (χ3n) is 3.61. The molecule has 0 aliphatic rings. The van der Waals surface area contributed by atoms with Gasteiger partial charge in [0.15, 0.2) is 17.3 Å². The standard InChI is InChI=1S/C16H13N7O3/c17-15-14(21-26-22-15)16-19-11-5-1-2-6-12(11)23(16)9-13(24)20-18-8-10-4-3-7-25-10/h1-8H,9H2,(H2,17,22)(H,20,24)/b18-8-. The number of imidazole rings is 1. The van der Waals surface area contributed by atoms with E-state index in [-0.39, 0.29) is 24.0 Å². The molecule has 10 nitrogen and oxygen atoms in total. The van der Waals surface area contributed by atoms with Crippen molar-refractivity contribution in [1.29, 1.82) is 0 Å². The zero-order valence-corrected chi connectivity index (χ0v) is 13.4. The van der Waals surface area contributed by atoms with Gasteiger partial charge >= 0.3 is 0 Å². The molecule has 0 fully saturated rings. The maximum absolute atomic E-state index is 12.3. The summed E-state index contributed by atoms with van der Waals surface area (Å²) in [7, 11) is 0. The fourth-order valence-electron chi connectivity index (χ4n) is 2.48. The fraction of sp³-hybridized carbons (Fsp3) is 0.0625. The molecule has 0 atom stereocenters. The van der Waals surface area contributed by atoms with Crippen LogP contribution in [0.15, 0.2) is 56.8 Å². The maximum atomic E-state index is 12.3. The molecule has 3 heterocycles. The Kier molecular flexibility index (Phi) is 3.90. The van der Waals surface area contributed by atoms with E-state index in [1.165, 1.54) is 12.5 Å². The molecule has 0 bridgehead atoms. The highest BCUT2D eigenvalue weighted by Crippen LogP contribution is 2.26. The van der Waals surface area contributed by atoms with Crippen molar-refractivity contribution in [3.05, 3.63) is 48.4 Å². The lowest BCUT2D eigenvalue weighted by Crippen LogP contribution is -2.23. The molecule has 4 aromatic rings. The van der Waals surface area contributed by atoms with E-state index in [1.807, 2.05) is 24.3 Å². The molecule has 3 N–H and O–H groups in total. The van der Waals surface area contributed by atoms with E-state index in [9.17, 15) is 4.79 Å². The third-order valence-corrected chi connectivity index (χ3v) is 3.61. The number of hydrazone groups is 1. The molecule has 0 saturated heterocycles. The van der Waals surface area contributed by atoms with Crippen LogP contribution in [0.4, 0.5) is 5.82 Å². The Bertz CT molecular complexity index is 1080. The molecular formula is C16H13N7O3. The van der Waals surface area contributed by atoms with Crippen molar-refractivity contribution in [3.63, 3.8) is 0 Å². The highest BCUT2D eigenvalue weighted by Gasteiger charge is 2.20. The van der Waals surface area contributed by atoms with E-state index in [0.29, 0.717) is 17.1 Å². The number of hydrogen-bond acceptors (Lipinski definition) is 8. The SMILES string of the molecule is Nc1nonc1-c1nc2ccccc2n1CC(=O)N/N=C\c1ccco1. The Hall–Kier alpha value is -3.95. The molecular weight excluding hydrogens is 338 g/mol. The molecule has 0 aliphatic carbocycles. The summed E-state index contributed by atoms with van der Waals surface area (Å²) in [5, 5.41) is 11.2. The molecule has 26 heavy (non-hydrogen) atoms. The molecule has 0 unspecified atom stereocenters. The van der Waals surface area contributed by atoms with Gasteiger partial charge < -0.3 is 14.7 Å². The van der Waals surface area contributed by atoms with Gasteiger partial charge in [0.05, 0.1) is 23.5 Å². The summed E-state index contributed by atoms with van der Waals surface area (Å²) in [6.07, 6.45) is 2.92. The first-order chi connectivity index (χ1) is 12.7. The van der Waals surface area contributed by atoms with E-state index in [2.05, 4.69) is 30.5 Å². The normalized spacial score (nSPS) is 11.4. The van der Waals surface area contributed by atoms with Gasteiger partial charge in [-0.25, -0.2) is 15.0 Å². The molecule has 0 radical (unpaired) electrons. The zero-order chi connectivity index (χ0) is 17.9. The van der Waals surface area contributed by atoms with Crippen molar-refractivity contribution in [3.8, 4) is 11.5 Å². The van der Waals surface area contributed by atoms with Crippen LogP contribution in [0.5, 0.6) is 0 Å². The number of hydrogen-bond donors (Lipinski definition) is 2. The predicted molar refractivity (Wildman–Crippen MR) is 91.9 cm³/mol. The summed E-state index contributed by atoms with van der Waals surface area (Å²) >= 11 is 0. The van der Waals surface area contributed by atoms with Gasteiger partial charge in [-0.05, 0) is 34.6 Å². The number of carbonyl (C=O) groups is 1. The molecule has 0 aliphatic heterocycles. The van der Waals surface area contributed by atoms with Gasteiger partial charge in [-0.15, -0.1) is 0 Å². The van der Waals surface area contributed by atoms with E-state index in [4.69, 9.17) is 10.2 Å². The average Bonchev–Trinajstić information content (AvgIpc) is 3.36. The Labute approximate surface area is 146 Å². The van der Waals surface area contributed by atoms with E-state index >= 15 is 0 Å². The van der Waals surface area contributed by atoms with Crippen molar-refractivity contribution in [2.24, 2.45) is 5.10 Å². The van der Waals surface area contributed by atoms with Crippen LogP contribution in [-0.2, 0) is 11.3 Å². The number of benzene rings is 1. The van der Waals surface area contributed by atoms with Crippen LogP contribution in [-0.4, -0.2) is 32.0 Å². The second-order valence-corrected chi connectivity index (χ2v) is 5.32. The summed E-state index contributed by atoms with van der Waals surface area (Å²) in [6.45, 7) is -0.0440. The van der Waals surface area contributed by atoms with E-state index in [0.717, 1.165) is 5.52 Å². The largest absolute Gasteiger partial charge is 0.463 e. The van der Waals surface area contributed by atoms with Crippen LogP contribution in [0.2, 0.25) is 0 Å². The molecule has 4 rings (SSSR count). The van der Waals surface area contributed by atoms with Crippen LogP contribution >= 0.6 is 0 Å². The molecule has 130 valence electrons. The maximum Gasteiger partial charge on any atom is 0.260 e. The Morgan fingerprint density at radius 2 is 2.15 bits per heavy atom. The van der Waals surface area contributed by atoms with Gasteiger partial charge in [0.1, 0.15) is 12.3 Å². The highest BCUT2D eigenvalue weighted by atomic mass is 16.6. The number of nitrogens with two attached hydrogens (primary N) is 1. The smallest absolute Gasteiger partial charge is 0.260 e. The van der Waals surface area contributed by atoms with Crippen molar-refractivity contribution in [2.75, 3.05) is 5.73 Å². The summed E-state index contributed by atoms with van der Waals surface area (Å²) in [4.78, 5) is 16.8. The molecule has 10 heteroatoms. The number of anilines is 1. The monoisotopic (exact) mass is 351 g/mol. The number of amides is 1. The summed E-state index contributed by atoms with van der Waals surface area (Å²) in [5.41, 5.74) is 9.92. The predicted octanol–water partition coefficient (Wildman–Crippen LogP) is 1.41. The number of carbonyl (C=O) groups excluding carboxylic acids is 1. The molecule has 3 aromatic heterocycles.